The van der Waals surface area contributed by atoms with Crippen molar-refractivity contribution in [1.29, 1.82) is 0 Å². The predicted octanol–water partition coefficient (Wildman–Crippen LogP) is 2.62. The van der Waals surface area contributed by atoms with Crippen molar-refractivity contribution >= 4 is 23.5 Å². The Morgan fingerprint density at radius 3 is 2.67 bits per heavy atom. The number of nitrogens with one attached hydrogen (secondary N) is 1. The number of halogens is 1. The maximum absolute atomic E-state index is 11.9. The maximum atomic E-state index is 11.9. The van der Waals surface area contributed by atoms with Gasteiger partial charge in [0.1, 0.15) is 11.3 Å². The van der Waals surface area contributed by atoms with Gasteiger partial charge in [0.25, 0.3) is 0 Å². The minimum absolute atomic E-state index is 0.113. The van der Waals surface area contributed by atoms with Gasteiger partial charge in [-0.15, -0.1) is 0 Å². The van der Waals surface area contributed by atoms with E-state index in [1.165, 1.54) is 0 Å². The smallest absolute Gasteiger partial charge is 0.329 e. The zero-order chi connectivity index (χ0) is 15.3. The predicted molar refractivity (Wildman–Crippen MR) is 78.5 cm³/mol. The number of rotatable bonds is 6. The minimum atomic E-state index is -1.09. The summed E-state index contributed by atoms with van der Waals surface area (Å²) in [6, 6.07) is 6.90. The highest BCUT2D eigenvalue weighted by Gasteiger charge is 2.42. The van der Waals surface area contributed by atoms with Gasteiger partial charge in [-0.05, 0) is 31.0 Å². The Morgan fingerprint density at radius 1 is 1.33 bits per heavy atom. The molecule has 1 aliphatic rings. The van der Waals surface area contributed by atoms with Gasteiger partial charge in [-0.25, -0.2) is 4.79 Å². The highest BCUT2D eigenvalue weighted by atomic mass is 35.5. The first-order chi connectivity index (χ1) is 10.0. The molecule has 21 heavy (non-hydrogen) atoms. The van der Waals surface area contributed by atoms with Gasteiger partial charge in [0, 0.05) is 5.02 Å². The Morgan fingerprint density at radius 2 is 2.05 bits per heavy atom. The van der Waals surface area contributed by atoms with E-state index in [9.17, 15) is 14.7 Å². The van der Waals surface area contributed by atoms with Crippen molar-refractivity contribution in [3.63, 3.8) is 0 Å². The fourth-order valence-electron chi connectivity index (χ4n) is 2.52. The standard InChI is InChI=1S/C15H18ClNO4/c16-11-4-3-5-12(10-11)21-9-6-13(18)17-15(14(19)20)7-1-2-8-15/h3-5,10H,1-2,6-9H2,(H,17,18)(H,19,20). The Kier molecular flexibility index (Phi) is 5.07. The van der Waals surface area contributed by atoms with Crippen LogP contribution in [0.5, 0.6) is 5.75 Å². The number of ether oxygens (including phenoxy) is 1. The molecule has 0 saturated heterocycles. The van der Waals surface area contributed by atoms with Crippen molar-refractivity contribution < 1.29 is 19.4 Å². The number of aliphatic carboxylic acids is 1. The van der Waals surface area contributed by atoms with Crippen molar-refractivity contribution in [1.82, 2.24) is 5.32 Å². The second-order valence-electron chi connectivity index (χ2n) is 5.20. The van der Waals surface area contributed by atoms with Gasteiger partial charge in [0.05, 0.1) is 13.0 Å². The summed E-state index contributed by atoms with van der Waals surface area (Å²) in [5, 5.41) is 12.5. The van der Waals surface area contributed by atoms with Crippen LogP contribution in [0.25, 0.3) is 0 Å². The number of carbonyl (C=O) groups excluding carboxylic acids is 1. The molecule has 1 saturated carbocycles. The van der Waals surface area contributed by atoms with E-state index in [0.717, 1.165) is 12.8 Å². The van der Waals surface area contributed by atoms with Crippen molar-refractivity contribution in [3.05, 3.63) is 29.3 Å². The van der Waals surface area contributed by atoms with E-state index in [1.807, 2.05) is 0 Å². The Hall–Kier alpha value is -1.75. The number of benzene rings is 1. The Balaban J connectivity index is 1.81. The maximum Gasteiger partial charge on any atom is 0.329 e. The minimum Gasteiger partial charge on any atom is -0.493 e. The SMILES string of the molecule is O=C(CCOc1cccc(Cl)c1)NC1(C(=O)O)CCCC1. The Labute approximate surface area is 128 Å². The fraction of sp³-hybridized carbons (Fsp3) is 0.467. The molecule has 0 heterocycles. The molecule has 0 spiro atoms. The van der Waals surface area contributed by atoms with E-state index < -0.39 is 11.5 Å². The number of carbonyl (C=O) groups is 2. The van der Waals surface area contributed by atoms with Gasteiger partial charge in [-0.1, -0.05) is 30.5 Å². The van der Waals surface area contributed by atoms with E-state index >= 15 is 0 Å². The van der Waals surface area contributed by atoms with E-state index in [0.29, 0.717) is 23.6 Å². The molecule has 1 aromatic carbocycles. The number of hydrogen-bond donors (Lipinski definition) is 2. The van der Waals surface area contributed by atoms with Crippen LogP contribution in [0.1, 0.15) is 32.1 Å². The van der Waals surface area contributed by atoms with Crippen LogP contribution in [-0.2, 0) is 9.59 Å². The molecule has 6 heteroatoms. The first-order valence-electron chi connectivity index (χ1n) is 6.95. The zero-order valence-electron chi connectivity index (χ0n) is 11.6. The van der Waals surface area contributed by atoms with Gasteiger partial charge in [-0.2, -0.15) is 0 Å². The molecular formula is C15H18ClNO4. The number of carboxylic acid groups (broad SMARTS) is 1. The molecule has 114 valence electrons. The molecule has 1 amide bonds. The third-order valence-electron chi connectivity index (χ3n) is 3.64. The molecule has 0 aliphatic heterocycles. The molecule has 1 aliphatic carbocycles. The highest BCUT2D eigenvalue weighted by molar-refractivity contribution is 6.30. The summed E-state index contributed by atoms with van der Waals surface area (Å²) in [6.07, 6.45) is 2.74. The van der Waals surface area contributed by atoms with Crippen molar-refractivity contribution in [2.45, 2.75) is 37.6 Å². The topological polar surface area (TPSA) is 75.6 Å². The average Bonchev–Trinajstić information content (AvgIpc) is 2.88. The van der Waals surface area contributed by atoms with E-state index in [2.05, 4.69) is 5.32 Å². The third-order valence-corrected chi connectivity index (χ3v) is 3.87. The van der Waals surface area contributed by atoms with Crippen molar-refractivity contribution in [2.75, 3.05) is 6.61 Å². The van der Waals surface area contributed by atoms with Crippen LogP contribution in [0.3, 0.4) is 0 Å². The van der Waals surface area contributed by atoms with Gasteiger partial charge in [0.2, 0.25) is 5.91 Å². The lowest BCUT2D eigenvalue weighted by molar-refractivity contribution is -0.147. The van der Waals surface area contributed by atoms with Crippen LogP contribution in [0.2, 0.25) is 5.02 Å². The molecule has 5 nitrogen and oxygen atoms in total. The molecular weight excluding hydrogens is 294 g/mol. The third kappa shape index (κ3) is 4.11. The highest BCUT2D eigenvalue weighted by Crippen LogP contribution is 2.30. The first kappa shape index (κ1) is 15.6. The van der Waals surface area contributed by atoms with Crippen LogP contribution in [0.15, 0.2) is 24.3 Å². The summed E-state index contributed by atoms with van der Waals surface area (Å²) in [5.41, 5.74) is -1.09. The average molecular weight is 312 g/mol. The summed E-state index contributed by atoms with van der Waals surface area (Å²) < 4.78 is 5.42. The number of hydrogen-bond acceptors (Lipinski definition) is 3. The van der Waals surface area contributed by atoms with Crippen LogP contribution in [-0.4, -0.2) is 29.1 Å². The van der Waals surface area contributed by atoms with E-state index in [4.69, 9.17) is 16.3 Å². The summed E-state index contributed by atoms with van der Waals surface area (Å²) in [5.74, 6) is -0.672. The molecule has 0 unspecified atom stereocenters. The largest absolute Gasteiger partial charge is 0.493 e. The quantitative estimate of drug-likeness (QED) is 0.847. The van der Waals surface area contributed by atoms with Crippen molar-refractivity contribution in [2.24, 2.45) is 0 Å². The summed E-state index contributed by atoms with van der Waals surface area (Å²) >= 11 is 5.83. The van der Waals surface area contributed by atoms with Gasteiger partial charge in [0.15, 0.2) is 0 Å². The monoisotopic (exact) mass is 311 g/mol. The lowest BCUT2D eigenvalue weighted by Gasteiger charge is -2.25. The molecule has 2 N–H and O–H groups in total. The number of carboxylic acids is 1. The van der Waals surface area contributed by atoms with Crippen LogP contribution < -0.4 is 10.1 Å². The lowest BCUT2D eigenvalue weighted by atomic mass is 9.97. The van der Waals surface area contributed by atoms with E-state index in [-0.39, 0.29) is 18.9 Å². The lowest BCUT2D eigenvalue weighted by Crippen LogP contribution is -2.52. The molecule has 0 bridgehead atoms. The molecule has 2 rings (SSSR count). The molecule has 0 radical (unpaired) electrons. The summed E-state index contributed by atoms with van der Waals surface area (Å²) in [7, 11) is 0. The molecule has 1 fully saturated rings. The van der Waals surface area contributed by atoms with Crippen LogP contribution in [0, 0.1) is 0 Å². The van der Waals surface area contributed by atoms with Gasteiger partial charge in [-0.3, -0.25) is 4.79 Å². The summed E-state index contributed by atoms with van der Waals surface area (Å²) in [6.45, 7) is 0.182. The normalized spacial score (nSPS) is 16.4. The van der Waals surface area contributed by atoms with Crippen LogP contribution >= 0.6 is 11.6 Å². The molecule has 0 atom stereocenters. The van der Waals surface area contributed by atoms with E-state index in [1.54, 1.807) is 24.3 Å². The first-order valence-corrected chi connectivity index (χ1v) is 7.32. The number of amides is 1. The fourth-order valence-corrected chi connectivity index (χ4v) is 2.70. The zero-order valence-corrected chi connectivity index (χ0v) is 12.4. The molecule has 0 aromatic heterocycles. The Bertz CT molecular complexity index is 526. The van der Waals surface area contributed by atoms with Crippen molar-refractivity contribution in [3.8, 4) is 5.75 Å². The second kappa shape index (κ2) is 6.80. The second-order valence-corrected chi connectivity index (χ2v) is 5.63. The summed E-state index contributed by atoms with van der Waals surface area (Å²) in [4.78, 5) is 23.2. The van der Waals surface area contributed by atoms with Gasteiger partial charge < -0.3 is 15.2 Å². The van der Waals surface area contributed by atoms with Crippen LogP contribution in [0.4, 0.5) is 0 Å². The molecule has 1 aromatic rings. The van der Waals surface area contributed by atoms with Gasteiger partial charge >= 0.3 is 5.97 Å².